The highest BCUT2D eigenvalue weighted by Crippen LogP contribution is 2.26. The van der Waals surface area contributed by atoms with Crippen LogP contribution in [0.5, 0.6) is 0 Å². The Hall–Kier alpha value is -3.64. The van der Waals surface area contributed by atoms with Crippen LogP contribution in [0.1, 0.15) is 29.9 Å². The predicted octanol–water partition coefficient (Wildman–Crippen LogP) is 5.25. The van der Waals surface area contributed by atoms with Crippen molar-refractivity contribution in [3.63, 3.8) is 0 Å². The molecule has 168 valence electrons. The van der Waals surface area contributed by atoms with Crippen molar-refractivity contribution in [2.45, 2.75) is 26.4 Å². The van der Waals surface area contributed by atoms with Crippen molar-refractivity contribution in [1.82, 2.24) is 19.8 Å². The van der Waals surface area contributed by atoms with Gasteiger partial charge in [0, 0.05) is 18.6 Å². The van der Waals surface area contributed by atoms with Crippen LogP contribution < -0.4 is 10.9 Å². The van der Waals surface area contributed by atoms with E-state index in [2.05, 4.69) is 5.32 Å². The van der Waals surface area contributed by atoms with Gasteiger partial charge in [0.2, 0.25) is 0 Å². The first kappa shape index (κ1) is 22.6. The van der Waals surface area contributed by atoms with E-state index in [0.717, 1.165) is 11.1 Å². The number of halogens is 1. The number of carbonyl (C=O) groups excluding carboxylic acids is 1. The monoisotopic (exact) mass is 460 g/mol. The minimum atomic E-state index is -0.489. The molecule has 0 saturated carbocycles. The molecule has 0 aliphatic heterocycles. The van der Waals surface area contributed by atoms with Gasteiger partial charge in [-0.05, 0) is 49.2 Å². The number of fused-ring (bicyclic) bond motifs is 1. The van der Waals surface area contributed by atoms with E-state index in [1.807, 2.05) is 62.4 Å². The lowest BCUT2D eigenvalue weighted by molar-refractivity contribution is 0.191. The number of hydrogen-bond acceptors (Lipinski definition) is 3. The molecular weight excluding hydrogens is 436 g/mol. The molecule has 7 heteroatoms. The van der Waals surface area contributed by atoms with Crippen molar-refractivity contribution in [2.24, 2.45) is 0 Å². The number of rotatable bonds is 5. The Labute approximate surface area is 197 Å². The molecule has 0 aliphatic carbocycles. The average molecular weight is 461 g/mol. The summed E-state index contributed by atoms with van der Waals surface area (Å²) in [4.78, 5) is 32.9. The number of nitrogens with zero attached hydrogens (tertiary/aromatic N) is 3. The third-order valence-electron chi connectivity index (χ3n) is 5.84. The van der Waals surface area contributed by atoms with Crippen LogP contribution in [0.4, 0.5) is 4.79 Å². The molecule has 0 aliphatic rings. The van der Waals surface area contributed by atoms with Gasteiger partial charge >= 0.3 is 6.03 Å². The standard InChI is InChI=1S/C26H25ClN4O2/c1-17-21(27)13-9-15-23(17)31-24(29-22-14-8-7-12-20(22)25(31)32)18(2)30(3)26(33)28-16-19-10-5-4-6-11-19/h4-15,18H,16H2,1-3H3,(H,28,33). The van der Waals surface area contributed by atoms with Crippen molar-refractivity contribution in [2.75, 3.05) is 7.05 Å². The molecule has 2 amide bonds. The minimum Gasteiger partial charge on any atom is -0.334 e. The number of para-hydroxylation sites is 1. The summed E-state index contributed by atoms with van der Waals surface area (Å²) in [5, 5.41) is 3.99. The first-order valence-corrected chi connectivity index (χ1v) is 11.1. The molecule has 1 unspecified atom stereocenters. The van der Waals surface area contributed by atoms with Gasteiger partial charge in [-0.1, -0.05) is 60.1 Å². The van der Waals surface area contributed by atoms with Gasteiger partial charge in [-0.15, -0.1) is 0 Å². The molecule has 0 bridgehead atoms. The lowest BCUT2D eigenvalue weighted by atomic mass is 10.1. The Morgan fingerprint density at radius 2 is 1.76 bits per heavy atom. The van der Waals surface area contributed by atoms with Crippen LogP contribution in [0.2, 0.25) is 5.02 Å². The topological polar surface area (TPSA) is 67.2 Å². The zero-order chi connectivity index (χ0) is 23.5. The number of hydrogen-bond donors (Lipinski definition) is 1. The van der Waals surface area contributed by atoms with Crippen molar-refractivity contribution in [3.05, 3.63) is 105 Å². The Bertz CT molecular complexity index is 1370. The molecule has 4 aromatic rings. The Morgan fingerprint density at radius 3 is 2.52 bits per heavy atom. The highest BCUT2D eigenvalue weighted by atomic mass is 35.5. The summed E-state index contributed by atoms with van der Waals surface area (Å²) in [6, 6.07) is 21.6. The molecule has 0 radical (unpaired) electrons. The van der Waals surface area contributed by atoms with Crippen LogP contribution in [0.3, 0.4) is 0 Å². The predicted molar refractivity (Wildman–Crippen MR) is 132 cm³/mol. The second kappa shape index (κ2) is 9.46. The van der Waals surface area contributed by atoms with E-state index < -0.39 is 6.04 Å². The maximum absolute atomic E-state index is 13.6. The third kappa shape index (κ3) is 4.47. The lowest BCUT2D eigenvalue weighted by Crippen LogP contribution is -2.40. The molecule has 3 aromatic carbocycles. The first-order valence-electron chi connectivity index (χ1n) is 10.7. The number of benzene rings is 3. The highest BCUT2D eigenvalue weighted by molar-refractivity contribution is 6.31. The number of amides is 2. The maximum atomic E-state index is 13.6. The van der Waals surface area contributed by atoms with Gasteiger partial charge in [0.05, 0.1) is 22.6 Å². The fraction of sp³-hybridized carbons (Fsp3) is 0.192. The summed E-state index contributed by atoms with van der Waals surface area (Å²) >= 11 is 6.37. The average Bonchev–Trinajstić information content (AvgIpc) is 2.84. The zero-order valence-corrected chi connectivity index (χ0v) is 19.5. The summed E-state index contributed by atoms with van der Waals surface area (Å²) in [7, 11) is 1.70. The molecule has 0 saturated heterocycles. The van der Waals surface area contributed by atoms with Crippen LogP contribution in [-0.4, -0.2) is 27.5 Å². The Kier molecular flexibility index (Phi) is 6.47. The summed E-state index contributed by atoms with van der Waals surface area (Å²) in [5.41, 5.74) is 2.79. The van der Waals surface area contributed by atoms with Crippen LogP contribution in [0, 0.1) is 6.92 Å². The molecule has 1 heterocycles. The van der Waals surface area contributed by atoms with Crippen molar-refractivity contribution in [3.8, 4) is 5.69 Å². The molecular formula is C26H25ClN4O2. The second-order valence-electron chi connectivity index (χ2n) is 7.94. The molecule has 4 rings (SSSR count). The Balaban J connectivity index is 1.76. The minimum absolute atomic E-state index is 0.203. The van der Waals surface area contributed by atoms with E-state index in [1.54, 1.807) is 40.8 Å². The van der Waals surface area contributed by atoms with E-state index in [1.165, 1.54) is 0 Å². The van der Waals surface area contributed by atoms with Crippen molar-refractivity contribution < 1.29 is 4.79 Å². The molecule has 6 nitrogen and oxygen atoms in total. The van der Waals surface area contributed by atoms with Crippen LogP contribution in [-0.2, 0) is 6.54 Å². The van der Waals surface area contributed by atoms with E-state index in [-0.39, 0.29) is 11.6 Å². The fourth-order valence-corrected chi connectivity index (χ4v) is 3.92. The largest absolute Gasteiger partial charge is 0.334 e. The first-order chi connectivity index (χ1) is 15.9. The van der Waals surface area contributed by atoms with Crippen LogP contribution in [0.15, 0.2) is 77.6 Å². The molecule has 0 fully saturated rings. The van der Waals surface area contributed by atoms with E-state index in [0.29, 0.717) is 34.0 Å². The fourth-order valence-electron chi connectivity index (χ4n) is 3.75. The molecule has 0 spiro atoms. The van der Waals surface area contributed by atoms with Gasteiger partial charge < -0.3 is 10.2 Å². The van der Waals surface area contributed by atoms with Crippen LogP contribution in [0.25, 0.3) is 16.6 Å². The number of aromatic nitrogens is 2. The number of carbonyl (C=O) groups is 1. The molecule has 1 atom stereocenters. The third-order valence-corrected chi connectivity index (χ3v) is 6.25. The lowest BCUT2D eigenvalue weighted by Gasteiger charge is -2.27. The SMILES string of the molecule is Cc1c(Cl)cccc1-n1c(C(C)N(C)C(=O)NCc2ccccc2)nc2ccccc2c1=O. The molecule has 1 N–H and O–H groups in total. The highest BCUT2D eigenvalue weighted by Gasteiger charge is 2.25. The van der Waals surface area contributed by atoms with Gasteiger partial charge in [0.15, 0.2) is 0 Å². The normalized spacial score (nSPS) is 11.9. The Morgan fingerprint density at radius 1 is 1.06 bits per heavy atom. The summed E-state index contributed by atoms with van der Waals surface area (Å²) in [6.07, 6.45) is 0. The zero-order valence-electron chi connectivity index (χ0n) is 18.7. The van der Waals surface area contributed by atoms with Gasteiger partial charge in [0.1, 0.15) is 5.82 Å². The smallest absolute Gasteiger partial charge is 0.318 e. The summed E-state index contributed by atoms with van der Waals surface area (Å²) in [6.45, 7) is 4.13. The van der Waals surface area contributed by atoms with E-state index in [4.69, 9.17) is 16.6 Å². The van der Waals surface area contributed by atoms with E-state index >= 15 is 0 Å². The maximum Gasteiger partial charge on any atom is 0.318 e. The van der Waals surface area contributed by atoms with Gasteiger partial charge in [0.25, 0.3) is 5.56 Å². The quantitative estimate of drug-likeness (QED) is 0.442. The second-order valence-corrected chi connectivity index (χ2v) is 8.35. The van der Waals surface area contributed by atoms with Crippen LogP contribution >= 0.6 is 11.6 Å². The number of urea groups is 1. The van der Waals surface area contributed by atoms with Crippen molar-refractivity contribution >= 4 is 28.5 Å². The van der Waals surface area contributed by atoms with Gasteiger partial charge in [-0.25, -0.2) is 9.78 Å². The van der Waals surface area contributed by atoms with Gasteiger partial charge in [-0.3, -0.25) is 9.36 Å². The van der Waals surface area contributed by atoms with Gasteiger partial charge in [-0.2, -0.15) is 0 Å². The summed E-state index contributed by atoms with van der Waals surface area (Å²) < 4.78 is 1.56. The molecule has 33 heavy (non-hydrogen) atoms. The summed E-state index contributed by atoms with van der Waals surface area (Å²) in [5.74, 6) is 0.460. The molecule has 1 aromatic heterocycles. The van der Waals surface area contributed by atoms with E-state index in [9.17, 15) is 9.59 Å². The van der Waals surface area contributed by atoms with Crippen molar-refractivity contribution in [1.29, 1.82) is 0 Å². The number of nitrogens with one attached hydrogen (secondary N) is 1.